The number of hydrogen-bond acceptors (Lipinski definition) is 5. The summed E-state index contributed by atoms with van der Waals surface area (Å²) < 4.78 is 10.8. The van der Waals surface area contributed by atoms with E-state index in [2.05, 4.69) is 10.2 Å². The molecule has 6 nitrogen and oxygen atoms in total. The van der Waals surface area contributed by atoms with Crippen molar-refractivity contribution < 1.29 is 19.1 Å². The topological polar surface area (TPSA) is 67.9 Å². The lowest BCUT2D eigenvalue weighted by molar-refractivity contribution is -0.116. The van der Waals surface area contributed by atoms with Gasteiger partial charge < -0.3 is 19.7 Å². The largest absolute Gasteiger partial charge is 0.423 e. The molecule has 2 aliphatic heterocycles. The van der Waals surface area contributed by atoms with Crippen molar-refractivity contribution in [3.8, 4) is 5.75 Å². The van der Waals surface area contributed by atoms with Crippen molar-refractivity contribution in [3.63, 3.8) is 0 Å². The molecule has 1 N–H and O–H groups in total. The smallest absolute Gasteiger partial charge is 0.343 e. The van der Waals surface area contributed by atoms with Gasteiger partial charge in [0.15, 0.2) is 0 Å². The third kappa shape index (κ3) is 3.55. The van der Waals surface area contributed by atoms with Crippen LogP contribution in [-0.2, 0) is 16.0 Å². The zero-order valence-corrected chi connectivity index (χ0v) is 14.4. The van der Waals surface area contributed by atoms with Gasteiger partial charge in [-0.1, -0.05) is 0 Å². The SMILES string of the molecule is O=C1CCc2cc(OC(=O)c3ccc(N4CCOCC4)cc3)ccc2N1. The summed E-state index contributed by atoms with van der Waals surface area (Å²) in [6.07, 6.45) is 1.11. The summed E-state index contributed by atoms with van der Waals surface area (Å²) in [5, 5.41) is 2.82. The summed E-state index contributed by atoms with van der Waals surface area (Å²) in [5.74, 6) is 0.114. The number of rotatable bonds is 3. The Hall–Kier alpha value is -2.86. The first-order valence-corrected chi connectivity index (χ1v) is 8.77. The minimum atomic E-state index is -0.390. The highest BCUT2D eigenvalue weighted by Crippen LogP contribution is 2.27. The van der Waals surface area contributed by atoms with Crippen LogP contribution in [0.5, 0.6) is 5.75 Å². The second-order valence-electron chi connectivity index (χ2n) is 6.40. The van der Waals surface area contributed by atoms with Crippen LogP contribution in [0.25, 0.3) is 0 Å². The molecule has 2 aromatic carbocycles. The van der Waals surface area contributed by atoms with E-state index < -0.39 is 5.97 Å². The van der Waals surface area contributed by atoms with Crippen LogP contribution in [-0.4, -0.2) is 38.2 Å². The standard InChI is InChI=1S/C20H20N2O4/c23-19-8-3-15-13-17(6-7-18(15)21-19)26-20(24)14-1-4-16(5-2-14)22-9-11-25-12-10-22/h1-2,4-7,13H,3,8-12H2,(H,21,23). The van der Waals surface area contributed by atoms with E-state index in [9.17, 15) is 9.59 Å². The number of amides is 1. The third-order valence-electron chi connectivity index (χ3n) is 4.66. The lowest BCUT2D eigenvalue weighted by Crippen LogP contribution is -2.36. The molecule has 0 atom stereocenters. The van der Waals surface area contributed by atoms with Crippen molar-refractivity contribution in [2.75, 3.05) is 36.5 Å². The summed E-state index contributed by atoms with van der Waals surface area (Å²) >= 11 is 0. The first kappa shape index (κ1) is 16.6. The number of carbonyl (C=O) groups excluding carboxylic acids is 2. The van der Waals surface area contributed by atoms with E-state index >= 15 is 0 Å². The van der Waals surface area contributed by atoms with Gasteiger partial charge in [-0.2, -0.15) is 0 Å². The fourth-order valence-corrected chi connectivity index (χ4v) is 3.22. The molecule has 1 saturated heterocycles. The predicted molar refractivity (Wildman–Crippen MR) is 97.8 cm³/mol. The molecule has 2 aromatic rings. The molecule has 0 saturated carbocycles. The normalized spacial score (nSPS) is 16.6. The number of ether oxygens (including phenoxy) is 2. The summed E-state index contributed by atoms with van der Waals surface area (Å²) in [4.78, 5) is 26.0. The molecule has 0 spiro atoms. The van der Waals surface area contributed by atoms with Gasteiger partial charge in [-0.3, -0.25) is 4.79 Å². The van der Waals surface area contributed by atoms with Gasteiger partial charge in [-0.25, -0.2) is 4.79 Å². The van der Waals surface area contributed by atoms with Gasteiger partial charge in [0, 0.05) is 30.9 Å². The molecule has 134 valence electrons. The molecule has 0 aliphatic carbocycles. The Kier molecular flexibility index (Phi) is 4.58. The number of hydrogen-bond donors (Lipinski definition) is 1. The van der Waals surface area contributed by atoms with E-state index in [1.54, 1.807) is 24.3 Å². The number of benzene rings is 2. The number of morpholine rings is 1. The van der Waals surface area contributed by atoms with Crippen LogP contribution in [0.4, 0.5) is 11.4 Å². The summed E-state index contributed by atoms with van der Waals surface area (Å²) in [7, 11) is 0. The third-order valence-corrected chi connectivity index (χ3v) is 4.66. The van der Waals surface area contributed by atoms with Crippen LogP contribution in [0.1, 0.15) is 22.3 Å². The highest BCUT2D eigenvalue weighted by Gasteiger charge is 2.17. The molecule has 2 heterocycles. The van der Waals surface area contributed by atoms with Gasteiger partial charge in [0.25, 0.3) is 0 Å². The maximum absolute atomic E-state index is 12.4. The van der Waals surface area contributed by atoms with Crippen LogP contribution in [0.3, 0.4) is 0 Å². The van der Waals surface area contributed by atoms with E-state index in [4.69, 9.17) is 9.47 Å². The van der Waals surface area contributed by atoms with Crippen molar-refractivity contribution in [2.45, 2.75) is 12.8 Å². The zero-order valence-electron chi connectivity index (χ0n) is 14.4. The Morgan fingerprint density at radius 3 is 2.58 bits per heavy atom. The Bertz CT molecular complexity index is 826. The molecular weight excluding hydrogens is 332 g/mol. The minimum Gasteiger partial charge on any atom is -0.423 e. The van der Waals surface area contributed by atoms with E-state index in [0.29, 0.717) is 24.2 Å². The van der Waals surface area contributed by atoms with Crippen molar-refractivity contribution in [1.82, 2.24) is 0 Å². The predicted octanol–water partition coefficient (Wildman–Crippen LogP) is 2.63. The van der Waals surface area contributed by atoms with Gasteiger partial charge >= 0.3 is 5.97 Å². The highest BCUT2D eigenvalue weighted by atomic mass is 16.5. The van der Waals surface area contributed by atoms with Gasteiger partial charge in [-0.15, -0.1) is 0 Å². The zero-order chi connectivity index (χ0) is 17.9. The molecule has 0 unspecified atom stereocenters. The fraction of sp³-hybridized carbons (Fsp3) is 0.300. The monoisotopic (exact) mass is 352 g/mol. The first-order valence-electron chi connectivity index (χ1n) is 8.77. The Morgan fingerprint density at radius 1 is 1.04 bits per heavy atom. The average Bonchev–Trinajstić information content (AvgIpc) is 2.69. The lowest BCUT2D eigenvalue weighted by Gasteiger charge is -2.28. The number of esters is 1. The molecule has 0 radical (unpaired) electrons. The molecule has 2 aliphatic rings. The number of aryl methyl sites for hydroxylation is 1. The van der Waals surface area contributed by atoms with E-state index in [-0.39, 0.29) is 5.91 Å². The number of fused-ring (bicyclic) bond motifs is 1. The summed E-state index contributed by atoms with van der Waals surface area (Å²) in [6.45, 7) is 3.16. The molecule has 26 heavy (non-hydrogen) atoms. The quantitative estimate of drug-likeness (QED) is 0.679. The second-order valence-corrected chi connectivity index (χ2v) is 6.40. The van der Waals surface area contributed by atoms with E-state index in [1.165, 1.54) is 0 Å². The molecule has 0 aromatic heterocycles. The molecule has 1 fully saturated rings. The summed E-state index contributed by atoms with van der Waals surface area (Å²) in [6, 6.07) is 12.7. The molecular formula is C20H20N2O4. The van der Waals surface area contributed by atoms with E-state index in [1.807, 2.05) is 18.2 Å². The van der Waals surface area contributed by atoms with E-state index in [0.717, 1.165) is 43.2 Å². The molecule has 6 heteroatoms. The van der Waals surface area contributed by atoms with Crippen LogP contribution in [0, 0.1) is 0 Å². The molecule has 1 amide bonds. The maximum Gasteiger partial charge on any atom is 0.343 e. The Balaban J connectivity index is 1.44. The highest BCUT2D eigenvalue weighted by molar-refractivity contribution is 5.94. The molecule has 4 rings (SSSR count). The van der Waals surface area contributed by atoms with Gasteiger partial charge in [-0.05, 0) is 54.4 Å². The number of carbonyl (C=O) groups is 2. The van der Waals surface area contributed by atoms with Gasteiger partial charge in [0.1, 0.15) is 5.75 Å². The van der Waals surface area contributed by atoms with Crippen LogP contribution >= 0.6 is 0 Å². The van der Waals surface area contributed by atoms with Crippen molar-refractivity contribution in [1.29, 1.82) is 0 Å². The first-order chi connectivity index (χ1) is 12.7. The lowest BCUT2D eigenvalue weighted by atomic mass is 10.0. The summed E-state index contributed by atoms with van der Waals surface area (Å²) in [5.41, 5.74) is 3.36. The van der Waals surface area contributed by atoms with Crippen molar-refractivity contribution >= 4 is 23.3 Å². The number of anilines is 2. The van der Waals surface area contributed by atoms with Crippen molar-refractivity contribution in [3.05, 3.63) is 53.6 Å². The Labute approximate surface area is 151 Å². The van der Waals surface area contributed by atoms with Crippen LogP contribution in [0.15, 0.2) is 42.5 Å². The van der Waals surface area contributed by atoms with Crippen molar-refractivity contribution in [2.24, 2.45) is 0 Å². The minimum absolute atomic E-state index is 0.0163. The van der Waals surface area contributed by atoms with Gasteiger partial charge in [0.2, 0.25) is 5.91 Å². The average molecular weight is 352 g/mol. The van der Waals surface area contributed by atoms with Gasteiger partial charge in [0.05, 0.1) is 18.8 Å². The number of nitrogens with zero attached hydrogens (tertiary/aromatic N) is 1. The maximum atomic E-state index is 12.4. The second kappa shape index (κ2) is 7.17. The fourth-order valence-electron chi connectivity index (χ4n) is 3.22. The van der Waals surface area contributed by atoms with Crippen LogP contribution in [0.2, 0.25) is 0 Å². The molecule has 0 bridgehead atoms. The van der Waals surface area contributed by atoms with Crippen LogP contribution < -0.4 is 15.0 Å². The Morgan fingerprint density at radius 2 is 1.81 bits per heavy atom. The number of nitrogens with one attached hydrogen (secondary N) is 1.